The number of carbonyl (C=O) groups excluding carboxylic acids is 2. The Morgan fingerprint density at radius 1 is 1.50 bits per heavy atom. The van der Waals surface area contributed by atoms with E-state index in [1.165, 1.54) is 11.8 Å². The molecule has 1 unspecified atom stereocenters. The summed E-state index contributed by atoms with van der Waals surface area (Å²) in [5.74, 6) is 0.0925. The van der Waals surface area contributed by atoms with Crippen LogP contribution < -0.4 is 4.90 Å². The van der Waals surface area contributed by atoms with Gasteiger partial charge >= 0.3 is 0 Å². The monoisotopic (exact) mass is 327 g/mol. The largest absolute Gasteiger partial charge is 0.311 e. The average Bonchev–Trinajstić information content (AvgIpc) is 2.62. The van der Waals surface area contributed by atoms with Crippen LogP contribution in [0.2, 0.25) is 0 Å². The van der Waals surface area contributed by atoms with Crippen molar-refractivity contribution in [3.8, 4) is 0 Å². The number of amides is 1. The fraction of sp³-hybridized carbons (Fsp3) is 0.385. The molecule has 1 atom stereocenters. The Balaban J connectivity index is 2.21. The predicted molar refractivity (Wildman–Crippen MR) is 77.9 cm³/mol. The highest BCUT2D eigenvalue weighted by Crippen LogP contribution is 2.32. The lowest BCUT2D eigenvalue weighted by atomic mass is 10.2. The molecule has 0 N–H and O–H groups in total. The molecule has 1 aliphatic heterocycles. The van der Waals surface area contributed by atoms with Crippen molar-refractivity contribution in [2.45, 2.75) is 25.5 Å². The summed E-state index contributed by atoms with van der Waals surface area (Å²) in [7, 11) is 0. The first-order chi connectivity index (χ1) is 8.47. The molecule has 0 aliphatic carbocycles. The Labute approximate surface area is 119 Å². The van der Waals surface area contributed by atoms with E-state index in [0.717, 1.165) is 15.7 Å². The number of hydrogen-bond donors (Lipinski definition) is 0. The molecule has 1 fully saturated rings. The topological polar surface area (TPSA) is 37.4 Å². The van der Waals surface area contributed by atoms with Crippen molar-refractivity contribution in [2.75, 3.05) is 11.4 Å². The van der Waals surface area contributed by atoms with Gasteiger partial charge in [0.2, 0.25) is 5.91 Å². The van der Waals surface area contributed by atoms with E-state index < -0.39 is 0 Å². The van der Waals surface area contributed by atoms with Gasteiger partial charge in [-0.2, -0.15) is 0 Å². The van der Waals surface area contributed by atoms with E-state index in [1.807, 2.05) is 25.1 Å². The van der Waals surface area contributed by atoms with Gasteiger partial charge in [0.25, 0.3) is 0 Å². The summed E-state index contributed by atoms with van der Waals surface area (Å²) in [6.07, 6.45) is 0.441. The Morgan fingerprint density at radius 2 is 2.22 bits per heavy atom. The minimum Gasteiger partial charge on any atom is -0.311 e. The minimum absolute atomic E-state index is 0.0700. The molecule has 1 heterocycles. The smallest absolute Gasteiger partial charge is 0.228 e. The standard InChI is InChI=1S/C13H14BrNO2S/c1-8-3-4-10(14)5-12(8)15-7-11(6-13(15)17)18-9(2)16/h3-5,11H,6-7H2,1-2H3. The summed E-state index contributed by atoms with van der Waals surface area (Å²) in [4.78, 5) is 24.9. The van der Waals surface area contributed by atoms with Crippen molar-refractivity contribution in [1.29, 1.82) is 0 Å². The minimum atomic E-state index is 0.0700. The lowest BCUT2D eigenvalue weighted by Crippen LogP contribution is -2.25. The number of anilines is 1. The fourth-order valence-corrected chi connectivity index (χ4v) is 3.36. The van der Waals surface area contributed by atoms with Crippen molar-refractivity contribution < 1.29 is 9.59 Å². The van der Waals surface area contributed by atoms with E-state index in [1.54, 1.807) is 11.8 Å². The van der Waals surface area contributed by atoms with E-state index in [2.05, 4.69) is 15.9 Å². The first-order valence-corrected chi connectivity index (χ1v) is 7.38. The van der Waals surface area contributed by atoms with Gasteiger partial charge in [0.05, 0.1) is 0 Å². The third kappa shape index (κ3) is 2.95. The number of thioether (sulfide) groups is 1. The van der Waals surface area contributed by atoms with Gasteiger partial charge in [-0.05, 0) is 24.6 Å². The van der Waals surface area contributed by atoms with Gasteiger partial charge in [-0.25, -0.2) is 0 Å². The van der Waals surface area contributed by atoms with Crippen LogP contribution in [0.1, 0.15) is 18.9 Å². The summed E-state index contributed by atoms with van der Waals surface area (Å²) < 4.78 is 0.957. The second-order valence-electron chi connectivity index (χ2n) is 4.37. The van der Waals surface area contributed by atoms with Gasteiger partial charge in [-0.1, -0.05) is 33.8 Å². The molecule has 0 radical (unpaired) electrons. The molecular formula is C13H14BrNO2S. The average molecular weight is 328 g/mol. The highest BCUT2D eigenvalue weighted by molar-refractivity contribution is 9.10. The molecule has 3 nitrogen and oxygen atoms in total. The quantitative estimate of drug-likeness (QED) is 0.837. The normalized spacial score (nSPS) is 19.4. The maximum absolute atomic E-state index is 12.0. The third-order valence-corrected chi connectivity index (χ3v) is 4.36. The van der Waals surface area contributed by atoms with Gasteiger partial charge < -0.3 is 4.90 Å². The Hall–Kier alpha value is -0.810. The maximum Gasteiger partial charge on any atom is 0.228 e. The number of benzene rings is 1. The number of nitrogens with zero attached hydrogens (tertiary/aromatic N) is 1. The van der Waals surface area contributed by atoms with Gasteiger partial charge in [-0.3, -0.25) is 9.59 Å². The van der Waals surface area contributed by atoms with Crippen LogP contribution in [0.25, 0.3) is 0 Å². The molecule has 1 amide bonds. The van der Waals surface area contributed by atoms with Gasteiger partial charge in [-0.15, -0.1) is 0 Å². The number of halogens is 1. The molecule has 2 rings (SSSR count). The van der Waals surface area contributed by atoms with Crippen molar-refractivity contribution in [3.63, 3.8) is 0 Å². The SMILES string of the molecule is CC(=O)SC1CC(=O)N(c2cc(Br)ccc2C)C1. The van der Waals surface area contributed by atoms with E-state index in [-0.39, 0.29) is 16.3 Å². The lowest BCUT2D eigenvalue weighted by Gasteiger charge is -2.19. The molecule has 18 heavy (non-hydrogen) atoms. The second-order valence-corrected chi connectivity index (χ2v) is 6.76. The molecular weight excluding hydrogens is 314 g/mol. The van der Waals surface area contributed by atoms with E-state index >= 15 is 0 Å². The van der Waals surface area contributed by atoms with Crippen molar-refractivity contribution >= 4 is 44.4 Å². The highest BCUT2D eigenvalue weighted by atomic mass is 79.9. The van der Waals surface area contributed by atoms with E-state index in [9.17, 15) is 9.59 Å². The predicted octanol–water partition coefficient (Wildman–Crippen LogP) is 3.14. The summed E-state index contributed by atoms with van der Waals surface area (Å²) in [6.45, 7) is 4.14. The van der Waals surface area contributed by atoms with Crippen molar-refractivity contribution in [3.05, 3.63) is 28.2 Å². The lowest BCUT2D eigenvalue weighted by molar-refractivity contribution is -0.117. The molecule has 0 spiro atoms. The van der Waals surface area contributed by atoms with Crippen LogP contribution in [0.3, 0.4) is 0 Å². The van der Waals surface area contributed by atoms with Crippen LogP contribution >= 0.6 is 27.7 Å². The Kier molecular flexibility index (Phi) is 4.12. The Morgan fingerprint density at radius 3 is 2.89 bits per heavy atom. The van der Waals surface area contributed by atoms with Crippen LogP contribution in [-0.2, 0) is 9.59 Å². The molecule has 0 aromatic heterocycles. The van der Waals surface area contributed by atoms with Crippen LogP contribution in [0.5, 0.6) is 0 Å². The fourth-order valence-electron chi connectivity index (χ4n) is 2.09. The number of rotatable bonds is 2. The zero-order valence-corrected chi connectivity index (χ0v) is 12.7. The molecule has 96 valence electrons. The van der Waals surface area contributed by atoms with Gasteiger partial charge in [0.15, 0.2) is 5.12 Å². The first kappa shape index (κ1) is 13.6. The van der Waals surface area contributed by atoms with Crippen molar-refractivity contribution in [1.82, 2.24) is 0 Å². The maximum atomic E-state index is 12.0. The summed E-state index contributed by atoms with van der Waals surface area (Å²) in [6, 6.07) is 5.90. The summed E-state index contributed by atoms with van der Waals surface area (Å²) in [5, 5.41) is 0.147. The van der Waals surface area contributed by atoms with Crippen molar-refractivity contribution in [2.24, 2.45) is 0 Å². The molecule has 0 saturated carbocycles. The molecule has 5 heteroatoms. The van der Waals surface area contributed by atoms with Gasteiger partial charge in [0, 0.05) is 35.3 Å². The zero-order chi connectivity index (χ0) is 13.3. The van der Waals surface area contributed by atoms with Crippen LogP contribution in [0, 0.1) is 6.92 Å². The zero-order valence-electron chi connectivity index (χ0n) is 10.3. The molecule has 1 aromatic carbocycles. The number of carbonyl (C=O) groups is 2. The van der Waals surface area contributed by atoms with E-state index in [4.69, 9.17) is 0 Å². The second kappa shape index (κ2) is 5.45. The Bertz CT molecular complexity index is 504. The van der Waals surface area contributed by atoms with E-state index in [0.29, 0.717) is 13.0 Å². The highest BCUT2D eigenvalue weighted by Gasteiger charge is 2.32. The molecule has 1 saturated heterocycles. The molecule has 1 aliphatic rings. The van der Waals surface area contributed by atoms with Crippen LogP contribution in [-0.4, -0.2) is 22.8 Å². The van der Waals surface area contributed by atoms with Crippen LogP contribution in [0.15, 0.2) is 22.7 Å². The van der Waals surface area contributed by atoms with Crippen LogP contribution in [0.4, 0.5) is 5.69 Å². The van der Waals surface area contributed by atoms with Gasteiger partial charge in [0.1, 0.15) is 0 Å². The summed E-state index contributed by atoms with van der Waals surface area (Å²) >= 11 is 4.68. The molecule has 0 bridgehead atoms. The first-order valence-electron chi connectivity index (χ1n) is 5.71. The number of aryl methyl sites for hydroxylation is 1. The third-order valence-electron chi connectivity index (χ3n) is 2.88. The molecule has 1 aromatic rings. The summed E-state index contributed by atoms with van der Waals surface area (Å²) in [5.41, 5.74) is 2.00. The number of hydrogen-bond acceptors (Lipinski definition) is 3.